The maximum atomic E-state index is 10.9. The van der Waals surface area contributed by atoms with E-state index in [1.807, 2.05) is 6.92 Å². The molecule has 0 radical (unpaired) electrons. The first-order chi connectivity index (χ1) is 7.04. The molecular weight excluding hydrogens is 196 g/mol. The van der Waals surface area contributed by atoms with Gasteiger partial charge in [-0.1, -0.05) is 19.1 Å². The second kappa shape index (κ2) is 4.59. The summed E-state index contributed by atoms with van der Waals surface area (Å²) in [7, 11) is 0. The Morgan fingerprint density at radius 3 is 2.40 bits per heavy atom. The zero-order valence-corrected chi connectivity index (χ0v) is 8.36. The lowest BCUT2D eigenvalue weighted by molar-refractivity contribution is -0.136. The predicted molar refractivity (Wildman–Crippen MR) is 54.1 cm³/mol. The first kappa shape index (κ1) is 11.2. The van der Waals surface area contributed by atoms with Crippen molar-refractivity contribution < 1.29 is 19.8 Å². The van der Waals surface area contributed by atoms with E-state index in [0.717, 1.165) is 5.56 Å². The minimum atomic E-state index is -1.01. The minimum Gasteiger partial charge on any atom is -0.481 e. The van der Waals surface area contributed by atoms with Crippen LogP contribution in [0.25, 0.3) is 0 Å². The van der Waals surface area contributed by atoms with E-state index in [0.29, 0.717) is 12.0 Å². The van der Waals surface area contributed by atoms with Crippen LogP contribution in [0.1, 0.15) is 28.4 Å². The van der Waals surface area contributed by atoms with Gasteiger partial charge in [-0.05, 0) is 23.6 Å². The molecule has 4 nitrogen and oxygen atoms in total. The molecule has 0 amide bonds. The highest BCUT2D eigenvalue weighted by Crippen LogP contribution is 2.13. The molecule has 4 heteroatoms. The summed E-state index contributed by atoms with van der Waals surface area (Å²) in [6.07, 6.45) is 0.471. The third-order valence-corrected chi connectivity index (χ3v) is 2.14. The fourth-order valence-corrected chi connectivity index (χ4v) is 1.42. The van der Waals surface area contributed by atoms with Gasteiger partial charge in [0.2, 0.25) is 0 Å². The molecule has 0 saturated heterocycles. The van der Waals surface area contributed by atoms with E-state index >= 15 is 0 Å². The van der Waals surface area contributed by atoms with Crippen molar-refractivity contribution in [3.8, 4) is 0 Å². The summed E-state index contributed by atoms with van der Waals surface area (Å²) in [6, 6.07) is 4.75. The molecule has 15 heavy (non-hydrogen) atoms. The lowest BCUT2D eigenvalue weighted by Crippen LogP contribution is -2.05. The van der Waals surface area contributed by atoms with Gasteiger partial charge >= 0.3 is 11.9 Å². The Morgan fingerprint density at radius 2 is 1.93 bits per heavy atom. The van der Waals surface area contributed by atoms with Gasteiger partial charge in [-0.25, -0.2) is 4.79 Å². The largest absolute Gasteiger partial charge is 0.481 e. The fourth-order valence-electron chi connectivity index (χ4n) is 1.42. The molecule has 0 aliphatic carbocycles. The zero-order valence-electron chi connectivity index (χ0n) is 8.36. The van der Waals surface area contributed by atoms with E-state index in [4.69, 9.17) is 10.2 Å². The number of carboxylic acids is 2. The van der Waals surface area contributed by atoms with Gasteiger partial charge in [0, 0.05) is 0 Å². The molecular formula is C11H12O4. The molecule has 0 saturated carbocycles. The van der Waals surface area contributed by atoms with Crippen molar-refractivity contribution in [2.75, 3.05) is 0 Å². The normalized spacial score (nSPS) is 9.93. The van der Waals surface area contributed by atoms with Crippen LogP contribution in [-0.2, 0) is 17.6 Å². The van der Waals surface area contributed by atoms with Gasteiger partial charge in [-0.3, -0.25) is 4.79 Å². The Hall–Kier alpha value is -1.84. The molecule has 0 aliphatic rings. The molecule has 0 spiro atoms. The van der Waals surface area contributed by atoms with E-state index in [1.165, 1.54) is 6.07 Å². The van der Waals surface area contributed by atoms with E-state index in [1.54, 1.807) is 12.1 Å². The Kier molecular flexibility index (Phi) is 3.44. The number of hydrogen-bond acceptors (Lipinski definition) is 2. The van der Waals surface area contributed by atoms with Crippen molar-refractivity contribution in [1.29, 1.82) is 0 Å². The summed E-state index contributed by atoms with van der Waals surface area (Å²) in [5, 5.41) is 17.5. The van der Waals surface area contributed by atoms with Gasteiger partial charge in [0.1, 0.15) is 0 Å². The third-order valence-electron chi connectivity index (χ3n) is 2.14. The lowest BCUT2D eigenvalue weighted by Gasteiger charge is -2.05. The Bertz CT molecular complexity index is 396. The van der Waals surface area contributed by atoms with Crippen molar-refractivity contribution in [1.82, 2.24) is 0 Å². The number of benzene rings is 1. The van der Waals surface area contributed by atoms with Gasteiger partial charge < -0.3 is 10.2 Å². The SMILES string of the molecule is CCc1ccc(CC(=O)O)cc1C(=O)O. The van der Waals surface area contributed by atoms with Crippen molar-refractivity contribution in [2.45, 2.75) is 19.8 Å². The van der Waals surface area contributed by atoms with Crippen LogP contribution in [0, 0.1) is 0 Å². The molecule has 2 N–H and O–H groups in total. The first-order valence-electron chi connectivity index (χ1n) is 4.61. The molecule has 0 atom stereocenters. The highest BCUT2D eigenvalue weighted by molar-refractivity contribution is 5.90. The van der Waals surface area contributed by atoms with E-state index < -0.39 is 11.9 Å². The standard InChI is InChI=1S/C11H12O4/c1-2-8-4-3-7(6-10(12)13)5-9(8)11(14)15/h3-5H,2,6H2,1H3,(H,12,13)(H,14,15). The van der Waals surface area contributed by atoms with E-state index in [9.17, 15) is 9.59 Å². The first-order valence-corrected chi connectivity index (χ1v) is 4.61. The van der Waals surface area contributed by atoms with Crippen LogP contribution in [0.15, 0.2) is 18.2 Å². The topological polar surface area (TPSA) is 74.6 Å². The van der Waals surface area contributed by atoms with Crippen LogP contribution in [0.5, 0.6) is 0 Å². The van der Waals surface area contributed by atoms with Crippen molar-refractivity contribution in [3.05, 3.63) is 34.9 Å². The second-order valence-corrected chi connectivity index (χ2v) is 3.22. The summed E-state index contributed by atoms with van der Waals surface area (Å²) in [6.45, 7) is 1.86. The summed E-state index contributed by atoms with van der Waals surface area (Å²) in [5.74, 6) is -1.98. The number of aromatic carboxylic acids is 1. The van der Waals surface area contributed by atoms with Crippen LogP contribution >= 0.6 is 0 Å². The van der Waals surface area contributed by atoms with Gasteiger partial charge in [0.15, 0.2) is 0 Å². The number of aliphatic carboxylic acids is 1. The minimum absolute atomic E-state index is 0.149. The number of hydrogen-bond donors (Lipinski definition) is 2. The summed E-state index contributed by atoms with van der Waals surface area (Å²) < 4.78 is 0. The molecule has 0 unspecified atom stereocenters. The fraction of sp³-hybridized carbons (Fsp3) is 0.273. The van der Waals surface area contributed by atoms with Crippen LogP contribution in [0.2, 0.25) is 0 Å². The van der Waals surface area contributed by atoms with E-state index in [-0.39, 0.29) is 12.0 Å². The summed E-state index contributed by atoms with van der Waals surface area (Å²) in [5.41, 5.74) is 1.42. The molecule has 80 valence electrons. The number of rotatable bonds is 4. The van der Waals surface area contributed by atoms with Crippen molar-refractivity contribution >= 4 is 11.9 Å². The van der Waals surface area contributed by atoms with Crippen LogP contribution in [0.3, 0.4) is 0 Å². The van der Waals surface area contributed by atoms with Gasteiger partial charge in [-0.2, -0.15) is 0 Å². The summed E-state index contributed by atoms with van der Waals surface area (Å²) in [4.78, 5) is 21.3. The van der Waals surface area contributed by atoms with Gasteiger partial charge in [0.05, 0.1) is 12.0 Å². The molecule has 1 rings (SSSR count). The number of aryl methyl sites for hydroxylation is 1. The molecule has 0 heterocycles. The molecule has 0 fully saturated rings. The monoisotopic (exact) mass is 208 g/mol. The Morgan fingerprint density at radius 1 is 1.27 bits per heavy atom. The van der Waals surface area contributed by atoms with E-state index in [2.05, 4.69) is 0 Å². The van der Waals surface area contributed by atoms with Crippen LogP contribution in [0.4, 0.5) is 0 Å². The summed E-state index contributed by atoms with van der Waals surface area (Å²) >= 11 is 0. The molecule has 1 aromatic rings. The maximum Gasteiger partial charge on any atom is 0.335 e. The lowest BCUT2D eigenvalue weighted by atomic mass is 10.0. The maximum absolute atomic E-state index is 10.9. The van der Waals surface area contributed by atoms with Gasteiger partial charge in [-0.15, -0.1) is 0 Å². The number of carbonyl (C=O) groups is 2. The van der Waals surface area contributed by atoms with Gasteiger partial charge in [0.25, 0.3) is 0 Å². The molecule has 0 aromatic heterocycles. The molecule has 1 aromatic carbocycles. The molecule has 0 aliphatic heterocycles. The smallest absolute Gasteiger partial charge is 0.335 e. The Balaban J connectivity index is 3.10. The second-order valence-electron chi connectivity index (χ2n) is 3.22. The number of carboxylic acid groups (broad SMARTS) is 2. The highest BCUT2D eigenvalue weighted by atomic mass is 16.4. The Labute approximate surface area is 87.2 Å². The molecule has 0 bridgehead atoms. The van der Waals surface area contributed by atoms with Crippen molar-refractivity contribution in [2.24, 2.45) is 0 Å². The predicted octanol–water partition coefficient (Wildman–Crippen LogP) is 1.57. The third kappa shape index (κ3) is 2.80. The zero-order chi connectivity index (χ0) is 11.4. The van der Waals surface area contributed by atoms with Crippen molar-refractivity contribution in [3.63, 3.8) is 0 Å². The average Bonchev–Trinajstić information content (AvgIpc) is 2.16. The van der Waals surface area contributed by atoms with Crippen LogP contribution < -0.4 is 0 Å². The van der Waals surface area contributed by atoms with Crippen LogP contribution in [-0.4, -0.2) is 22.2 Å². The quantitative estimate of drug-likeness (QED) is 0.787. The average molecular weight is 208 g/mol. The highest BCUT2D eigenvalue weighted by Gasteiger charge is 2.10.